The van der Waals surface area contributed by atoms with Gasteiger partial charge in [-0.3, -0.25) is 0 Å². The average Bonchev–Trinajstić information content (AvgIpc) is 2.39. The fourth-order valence-electron chi connectivity index (χ4n) is 2.18. The Bertz CT molecular complexity index is 351. The molecule has 1 rings (SSSR count). The standard InChI is InChI=1S/C15H23F2NO/c1-3-5-12(11-18-8-9-19-2)10-13-14(16)6-4-7-15(13)17/h4,6-7,12,18H,3,5,8-11H2,1-2H3. The molecule has 1 atom stereocenters. The van der Waals surface area contributed by atoms with Crippen LogP contribution in [0.15, 0.2) is 18.2 Å². The van der Waals surface area contributed by atoms with Crippen molar-refractivity contribution >= 4 is 0 Å². The Kier molecular flexibility index (Phi) is 7.60. The molecule has 1 aromatic rings. The number of hydrogen-bond donors (Lipinski definition) is 1. The Hall–Kier alpha value is -1.00. The Labute approximate surface area is 114 Å². The number of nitrogens with one attached hydrogen (secondary N) is 1. The maximum absolute atomic E-state index is 13.6. The molecule has 1 unspecified atom stereocenters. The third kappa shape index (κ3) is 5.66. The molecule has 0 fully saturated rings. The molecule has 0 spiro atoms. The lowest BCUT2D eigenvalue weighted by Crippen LogP contribution is -2.27. The van der Waals surface area contributed by atoms with Gasteiger partial charge in [0.2, 0.25) is 0 Å². The highest BCUT2D eigenvalue weighted by atomic mass is 19.1. The Morgan fingerprint density at radius 2 is 1.95 bits per heavy atom. The molecule has 19 heavy (non-hydrogen) atoms. The summed E-state index contributed by atoms with van der Waals surface area (Å²) in [5, 5.41) is 3.26. The molecule has 1 N–H and O–H groups in total. The van der Waals surface area contributed by atoms with Crippen LogP contribution in [0.1, 0.15) is 25.3 Å². The summed E-state index contributed by atoms with van der Waals surface area (Å²) in [6, 6.07) is 4.04. The monoisotopic (exact) mass is 271 g/mol. The zero-order valence-electron chi connectivity index (χ0n) is 11.7. The van der Waals surface area contributed by atoms with Crippen LogP contribution in [0.2, 0.25) is 0 Å². The number of halogens is 2. The van der Waals surface area contributed by atoms with Crippen LogP contribution >= 0.6 is 0 Å². The van der Waals surface area contributed by atoms with Gasteiger partial charge in [-0.1, -0.05) is 19.4 Å². The molecule has 0 amide bonds. The minimum Gasteiger partial charge on any atom is -0.383 e. The SMILES string of the molecule is CCCC(CNCCOC)Cc1c(F)cccc1F. The number of benzene rings is 1. The van der Waals surface area contributed by atoms with Gasteiger partial charge in [-0.05, 0) is 37.4 Å². The third-order valence-corrected chi connectivity index (χ3v) is 3.17. The van der Waals surface area contributed by atoms with Crippen LogP contribution in [0, 0.1) is 17.6 Å². The molecule has 0 bridgehead atoms. The van der Waals surface area contributed by atoms with Crippen LogP contribution in [0.25, 0.3) is 0 Å². The average molecular weight is 271 g/mol. The van der Waals surface area contributed by atoms with Crippen molar-refractivity contribution in [1.82, 2.24) is 5.32 Å². The van der Waals surface area contributed by atoms with Gasteiger partial charge in [0.05, 0.1) is 6.61 Å². The predicted octanol–water partition coefficient (Wildman–Crippen LogP) is 3.16. The first kappa shape index (κ1) is 16.1. The second-order valence-electron chi connectivity index (χ2n) is 4.76. The first-order valence-electron chi connectivity index (χ1n) is 6.81. The number of rotatable bonds is 9. The van der Waals surface area contributed by atoms with Gasteiger partial charge in [-0.15, -0.1) is 0 Å². The topological polar surface area (TPSA) is 21.3 Å². The number of ether oxygens (including phenoxy) is 1. The van der Waals surface area contributed by atoms with E-state index in [0.717, 1.165) is 25.9 Å². The molecule has 0 saturated heterocycles. The summed E-state index contributed by atoms with van der Waals surface area (Å²) in [6.45, 7) is 4.24. The van der Waals surface area contributed by atoms with Crippen LogP contribution < -0.4 is 5.32 Å². The molecule has 0 aliphatic heterocycles. The molecular weight excluding hydrogens is 248 g/mol. The van der Waals surface area contributed by atoms with E-state index in [-0.39, 0.29) is 11.5 Å². The Morgan fingerprint density at radius 3 is 2.53 bits per heavy atom. The van der Waals surface area contributed by atoms with E-state index >= 15 is 0 Å². The van der Waals surface area contributed by atoms with Gasteiger partial charge in [0.25, 0.3) is 0 Å². The van der Waals surface area contributed by atoms with Crippen molar-refractivity contribution < 1.29 is 13.5 Å². The molecule has 0 aliphatic carbocycles. The van der Waals surface area contributed by atoms with Crippen LogP contribution in [0.5, 0.6) is 0 Å². The zero-order valence-corrected chi connectivity index (χ0v) is 11.7. The van der Waals surface area contributed by atoms with E-state index in [9.17, 15) is 8.78 Å². The summed E-state index contributed by atoms with van der Waals surface area (Å²) >= 11 is 0. The van der Waals surface area contributed by atoms with Crippen molar-refractivity contribution in [2.75, 3.05) is 26.8 Å². The van der Waals surface area contributed by atoms with E-state index in [0.29, 0.717) is 13.0 Å². The smallest absolute Gasteiger partial charge is 0.129 e. The third-order valence-electron chi connectivity index (χ3n) is 3.17. The van der Waals surface area contributed by atoms with Gasteiger partial charge >= 0.3 is 0 Å². The van der Waals surface area contributed by atoms with Crippen LogP contribution in [0.4, 0.5) is 8.78 Å². The van der Waals surface area contributed by atoms with Crippen LogP contribution in [-0.2, 0) is 11.2 Å². The van der Waals surface area contributed by atoms with E-state index in [1.807, 2.05) is 0 Å². The molecule has 2 nitrogen and oxygen atoms in total. The van der Waals surface area contributed by atoms with Crippen molar-refractivity contribution in [3.05, 3.63) is 35.4 Å². The highest BCUT2D eigenvalue weighted by molar-refractivity contribution is 5.20. The molecule has 0 aromatic heterocycles. The first-order chi connectivity index (χ1) is 9.19. The summed E-state index contributed by atoms with van der Waals surface area (Å²) < 4.78 is 32.2. The van der Waals surface area contributed by atoms with Gasteiger partial charge in [0.1, 0.15) is 11.6 Å². The molecule has 0 radical (unpaired) electrons. The Balaban J connectivity index is 2.57. The predicted molar refractivity (Wildman–Crippen MR) is 73.2 cm³/mol. The summed E-state index contributed by atoms with van der Waals surface area (Å²) in [5.74, 6) is -0.649. The molecule has 0 saturated carbocycles. The van der Waals surface area contributed by atoms with E-state index < -0.39 is 11.6 Å². The summed E-state index contributed by atoms with van der Waals surface area (Å²) in [6.07, 6.45) is 2.40. The van der Waals surface area contributed by atoms with Crippen molar-refractivity contribution in [3.8, 4) is 0 Å². The number of hydrogen-bond acceptors (Lipinski definition) is 2. The second kappa shape index (κ2) is 8.99. The molecule has 0 aliphatic rings. The quantitative estimate of drug-likeness (QED) is 0.697. The molecule has 1 aromatic carbocycles. The lowest BCUT2D eigenvalue weighted by atomic mass is 9.94. The second-order valence-corrected chi connectivity index (χ2v) is 4.76. The Morgan fingerprint density at radius 1 is 1.26 bits per heavy atom. The van der Waals surface area contributed by atoms with Gasteiger partial charge in [-0.2, -0.15) is 0 Å². The normalized spacial score (nSPS) is 12.6. The van der Waals surface area contributed by atoms with Crippen LogP contribution in [0.3, 0.4) is 0 Å². The first-order valence-corrected chi connectivity index (χ1v) is 6.81. The molecular formula is C15H23F2NO. The molecule has 0 heterocycles. The fourth-order valence-corrected chi connectivity index (χ4v) is 2.18. The largest absolute Gasteiger partial charge is 0.383 e. The van der Waals surface area contributed by atoms with E-state index in [1.54, 1.807) is 7.11 Å². The van der Waals surface area contributed by atoms with Crippen molar-refractivity contribution in [3.63, 3.8) is 0 Å². The van der Waals surface area contributed by atoms with Gasteiger partial charge in [0, 0.05) is 19.2 Å². The highest BCUT2D eigenvalue weighted by Crippen LogP contribution is 2.19. The van der Waals surface area contributed by atoms with E-state index in [4.69, 9.17) is 4.74 Å². The van der Waals surface area contributed by atoms with Crippen molar-refractivity contribution in [2.45, 2.75) is 26.2 Å². The van der Waals surface area contributed by atoms with Crippen molar-refractivity contribution in [1.29, 1.82) is 0 Å². The van der Waals surface area contributed by atoms with Gasteiger partial charge in [-0.25, -0.2) is 8.78 Å². The maximum atomic E-state index is 13.6. The lowest BCUT2D eigenvalue weighted by molar-refractivity contribution is 0.197. The minimum atomic E-state index is -0.446. The summed E-state index contributed by atoms with van der Waals surface area (Å²) in [4.78, 5) is 0. The summed E-state index contributed by atoms with van der Waals surface area (Å²) in [7, 11) is 1.65. The fraction of sp³-hybridized carbons (Fsp3) is 0.600. The highest BCUT2D eigenvalue weighted by Gasteiger charge is 2.15. The molecule has 4 heteroatoms. The van der Waals surface area contributed by atoms with E-state index in [1.165, 1.54) is 18.2 Å². The van der Waals surface area contributed by atoms with Crippen LogP contribution in [-0.4, -0.2) is 26.8 Å². The lowest BCUT2D eigenvalue weighted by Gasteiger charge is -2.17. The van der Waals surface area contributed by atoms with Gasteiger partial charge in [0.15, 0.2) is 0 Å². The molecule has 108 valence electrons. The van der Waals surface area contributed by atoms with Crippen molar-refractivity contribution in [2.24, 2.45) is 5.92 Å². The van der Waals surface area contributed by atoms with E-state index in [2.05, 4.69) is 12.2 Å². The zero-order chi connectivity index (χ0) is 14.1. The summed E-state index contributed by atoms with van der Waals surface area (Å²) in [5.41, 5.74) is 0.203. The van der Waals surface area contributed by atoms with Gasteiger partial charge < -0.3 is 10.1 Å². The maximum Gasteiger partial charge on any atom is 0.129 e. The minimum absolute atomic E-state index is 0.203. The number of methoxy groups -OCH3 is 1.